The van der Waals surface area contributed by atoms with Crippen LogP contribution in [0.5, 0.6) is 0 Å². The van der Waals surface area contributed by atoms with E-state index in [4.69, 9.17) is 4.74 Å². The van der Waals surface area contributed by atoms with Gasteiger partial charge in [0.2, 0.25) is 0 Å². The molecule has 1 aliphatic heterocycles. The van der Waals surface area contributed by atoms with E-state index in [1.165, 1.54) is 7.11 Å². The number of methoxy groups -OCH3 is 1. The lowest BCUT2D eigenvalue weighted by Gasteiger charge is -2.35. The molecule has 1 heterocycles. The van der Waals surface area contributed by atoms with Gasteiger partial charge >= 0.3 is 0 Å². The maximum absolute atomic E-state index is 11.6. The molecule has 0 spiro atoms. The van der Waals surface area contributed by atoms with Crippen LogP contribution in [0.1, 0.15) is 12.0 Å². The minimum Gasteiger partial charge on any atom is -0.610 e. The van der Waals surface area contributed by atoms with E-state index in [0.29, 0.717) is 5.76 Å². The van der Waals surface area contributed by atoms with Gasteiger partial charge in [-0.2, -0.15) is 0 Å². The van der Waals surface area contributed by atoms with Crippen molar-refractivity contribution >= 4 is 5.76 Å². The van der Waals surface area contributed by atoms with E-state index in [2.05, 4.69) is 4.37 Å². The molecular weight excluding hydrogens is 192 g/mol. The van der Waals surface area contributed by atoms with Crippen LogP contribution in [0, 0.1) is 0 Å². The minimum absolute atomic E-state index is 0.286. The van der Waals surface area contributed by atoms with E-state index in [0.717, 1.165) is 25.2 Å². The quantitative estimate of drug-likeness (QED) is 0.551. The third kappa shape index (κ3) is 1.91. The Hall–Kier alpha value is -1.64. The van der Waals surface area contributed by atoms with E-state index in [-0.39, 0.29) is 5.95 Å². The summed E-state index contributed by atoms with van der Waals surface area (Å²) in [4.78, 5) is 0. The van der Waals surface area contributed by atoms with Crippen LogP contribution < -0.4 is 5.11 Å². The third-order valence-corrected chi connectivity index (χ3v) is 2.48. The zero-order valence-corrected chi connectivity index (χ0v) is 8.73. The van der Waals surface area contributed by atoms with Gasteiger partial charge < -0.3 is 14.2 Å². The van der Waals surface area contributed by atoms with Gasteiger partial charge in [-0.05, 0) is 19.2 Å². The van der Waals surface area contributed by atoms with Crippen molar-refractivity contribution in [2.75, 3.05) is 20.3 Å². The van der Waals surface area contributed by atoms with Gasteiger partial charge in [-0.15, -0.1) is 0 Å². The van der Waals surface area contributed by atoms with Gasteiger partial charge in [0.05, 0.1) is 5.56 Å². The highest BCUT2D eigenvalue weighted by atomic mass is 16.7. The van der Waals surface area contributed by atoms with Crippen molar-refractivity contribution in [3.63, 3.8) is 0 Å². The lowest BCUT2D eigenvalue weighted by molar-refractivity contribution is -0.357. The monoisotopic (exact) mass is 206 g/mol. The van der Waals surface area contributed by atoms with Crippen LogP contribution in [0.25, 0.3) is 5.76 Å². The fraction of sp³-hybridized carbons (Fsp3) is 0.333. The van der Waals surface area contributed by atoms with Gasteiger partial charge in [0.25, 0.3) is 5.76 Å². The predicted molar refractivity (Wildman–Crippen MR) is 55.8 cm³/mol. The number of benzene rings is 1. The molecule has 1 aliphatic rings. The molecule has 0 N–H and O–H groups in total. The molecule has 80 valence electrons. The van der Waals surface area contributed by atoms with E-state index >= 15 is 0 Å². The van der Waals surface area contributed by atoms with Crippen LogP contribution >= 0.6 is 0 Å². The summed E-state index contributed by atoms with van der Waals surface area (Å²) in [6.45, 7) is 1.72. The van der Waals surface area contributed by atoms with Crippen molar-refractivity contribution in [2.24, 2.45) is 0 Å². The Bertz CT molecular complexity index is 352. The average Bonchev–Trinajstić information content (AvgIpc) is 2.23. The molecule has 15 heavy (non-hydrogen) atoms. The van der Waals surface area contributed by atoms with Crippen molar-refractivity contribution < 1.29 is 14.2 Å². The second-order valence-corrected chi connectivity index (χ2v) is 3.44. The smallest absolute Gasteiger partial charge is 0.285 e. The predicted octanol–water partition coefficient (Wildman–Crippen LogP) is 1.28. The van der Waals surface area contributed by atoms with Crippen molar-refractivity contribution in [3.8, 4) is 0 Å². The molecule has 1 aromatic rings. The first-order valence-corrected chi connectivity index (χ1v) is 5.01. The summed E-state index contributed by atoms with van der Waals surface area (Å²) in [5.41, 5.74) is 0.897. The van der Waals surface area contributed by atoms with Gasteiger partial charge in [0.1, 0.15) is 6.42 Å². The summed E-state index contributed by atoms with van der Waals surface area (Å²) in [7, 11) is 1.41. The Morgan fingerprint density at radius 2 is 1.93 bits per heavy atom. The topological polar surface area (TPSA) is 35.0 Å². The van der Waals surface area contributed by atoms with E-state index in [1.54, 1.807) is 0 Å². The Morgan fingerprint density at radius 1 is 1.27 bits per heavy atom. The zero-order valence-electron chi connectivity index (χ0n) is 8.73. The molecule has 2 rings (SSSR count). The first-order chi connectivity index (χ1) is 7.33. The van der Waals surface area contributed by atoms with Gasteiger partial charge in [-0.1, -0.05) is 18.2 Å². The summed E-state index contributed by atoms with van der Waals surface area (Å²) in [6, 6.07) is 9.59. The van der Waals surface area contributed by atoms with Gasteiger partial charge in [-0.25, -0.2) is 0 Å². The lowest BCUT2D eigenvalue weighted by atomic mass is 10.2. The molecule has 1 aromatic carbocycles. The SMILES string of the molecule is CO/C([O-])=C(/c1ccccc1)[O+]1CCC1. The summed E-state index contributed by atoms with van der Waals surface area (Å²) in [6.07, 6.45) is 1.11. The van der Waals surface area contributed by atoms with E-state index in [1.807, 2.05) is 30.3 Å². The number of rotatable bonds is 3. The Labute approximate surface area is 89.3 Å². The molecule has 1 saturated heterocycles. The number of hydrogen-bond acceptors (Lipinski definition) is 2. The van der Waals surface area contributed by atoms with Crippen molar-refractivity contribution in [3.05, 3.63) is 41.8 Å². The van der Waals surface area contributed by atoms with E-state index < -0.39 is 0 Å². The van der Waals surface area contributed by atoms with Crippen molar-refractivity contribution in [1.29, 1.82) is 0 Å². The molecule has 0 unspecified atom stereocenters. The first kappa shape index (κ1) is 9.90. The van der Waals surface area contributed by atoms with Crippen LogP contribution in [-0.4, -0.2) is 20.3 Å². The van der Waals surface area contributed by atoms with Gasteiger partial charge in [0, 0.05) is 0 Å². The highest BCUT2D eigenvalue weighted by molar-refractivity contribution is 5.61. The van der Waals surface area contributed by atoms with Crippen molar-refractivity contribution in [1.82, 2.24) is 0 Å². The molecule has 1 fully saturated rings. The van der Waals surface area contributed by atoms with Crippen molar-refractivity contribution in [2.45, 2.75) is 6.42 Å². The number of hydrogen-bond donors (Lipinski definition) is 0. The second-order valence-electron chi connectivity index (χ2n) is 3.44. The molecule has 3 heteroatoms. The summed E-state index contributed by atoms with van der Waals surface area (Å²) in [5, 5.41) is 11.6. The summed E-state index contributed by atoms with van der Waals surface area (Å²) < 4.78 is 7.67. The second kappa shape index (κ2) is 4.26. The third-order valence-electron chi connectivity index (χ3n) is 2.48. The Kier molecular flexibility index (Phi) is 2.81. The van der Waals surface area contributed by atoms with Crippen LogP contribution in [0.3, 0.4) is 0 Å². The molecule has 0 saturated carbocycles. The maximum Gasteiger partial charge on any atom is 0.285 e. The average molecular weight is 206 g/mol. The first-order valence-electron chi connectivity index (χ1n) is 5.01. The van der Waals surface area contributed by atoms with Crippen LogP contribution in [0.15, 0.2) is 36.3 Å². The lowest BCUT2D eigenvalue weighted by Crippen LogP contribution is -2.30. The normalized spacial score (nSPS) is 16.7. The van der Waals surface area contributed by atoms with Gasteiger partial charge in [-0.3, -0.25) is 0 Å². The summed E-state index contributed by atoms with van der Waals surface area (Å²) in [5.74, 6) is 0.315. The molecule has 0 radical (unpaired) electrons. The maximum atomic E-state index is 11.6. The molecule has 0 aromatic heterocycles. The highest BCUT2D eigenvalue weighted by Crippen LogP contribution is 2.30. The highest BCUT2D eigenvalue weighted by Gasteiger charge is 2.26. The number of ether oxygens (including phenoxy) is 1. The van der Waals surface area contributed by atoms with Crippen LogP contribution in [-0.2, 0) is 9.10 Å². The molecule has 0 aliphatic carbocycles. The standard InChI is InChI=1S/C12H14O3/c1-14-12(13)11(15-8-5-9-15)10-6-3-2-4-7-10/h2-4,6-7H,5,8-9H2,1H3/b12-11-. The fourth-order valence-corrected chi connectivity index (χ4v) is 1.58. The van der Waals surface area contributed by atoms with Gasteiger partial charge in [0.15, 0.2) is 19.2 Å². The minimum atomic E-state index is -0.286. The largest absolute Gasteiger partial charge is 0.610 e. The molecule has 0 atom stereocenters. The molecule has 0 amide bonds. The molecular formula is C12H14O3. The molecule has 0 bridgehead atoms. The zero-order chi connectivity index (χ0) is 10.7. The fourth-order valence-electron chi connectivity index (χ4n) is 1.58. The van der Waals surface area contributed by atoms with Crippen LogP contribution in [0.2, 0.25) is 0 Å². The Morgan fingerprint density at radius 3 is 2.40 bits per heavy atom. The molecule has 3 nitrogen and oxygen atoms in total. The summed E-state index contributed by atoms with van der Waals surface area (Å²) >= 11 is 0. The van der Waals surface area contributed by atoms with Crippen LogP contribution in [0.4, 0.5) is 0 Å². The Balaban J connectivity index is 2.34. The van der Waals surface area contributed by atoms with E-state index in [9.17, 15) is 5.11 Å².